The van der Waals surface area contributed by atoms with E-state index in [1.165, 1.54) is 14.2 Å². The topological polar surface area (TPSA) is 82.1 Å². The molecule has 1 atom stereocenters. The molecule has 0 N–H and O–H groups in total. The highest BCUT2D eigenvalue weighted by Crippen LogP contribution is 2.30. The second-order valence-electron chi connectivity index (χ2n) is 5.48. The molecule has 8 heteroatoms. The first-order chi connectivity index (χ1) is 11.2. The lowest BCUT2D eigenvalue weighted by Crippen LogP contribution is -2.39. The van der Waals surface area contributed by atoms with Crippen molar-refractivity contribution in [3.8, 4) is 11.5 Å². The lowest BCUT2D eigenvalue weighted by atomic mass is 10.1. The SMILES string of the molecule is CC[C@@H](C)N(Cc1ccc(OC)c(OS(C)(=O)=O)c1)C(=O)COC. The first-order valence-corrected chi connectivity index (χ1v) is 9.38. The van der Waals surface area contributed by atoms with Crippen LogP contribution < -0.4 is 8.92 Å². The minimum atomic E-state index is -3.68. The summed E-state index contributed by atoms with van der Waals surface area (Å²) in [5.41, 5.74) is 0.735. The third kappa shape index (κ3) is 6.01. The van der Waals surface area contributed by atoms with E-state index in [9.17, 15) is 13.2 Å². The van der Waals surface area contributed by atoms with Crippen molar-refractivity contribution >= 4 is 16.0 Å². The summed E-state index contributed by atoms with van der Waals surface area (Å²) in [6, 6.07) is 4.97. The van der Waals surface area contributed by atoms with Gasteiger partial charge in [-0.25, -0.2) is 0 Å². The molecule has 0 aliphatic heterocycles. The van der Waals surface area contributed by atoms with Gasteiger partial charge in [0.15, 0.2) is 11.5 Å². The Hall–Kier alpha value is -1.80. The van der Waals surface area contributed by atoms with E-state index in [0.29, 0.717) is 12.3 Å². The van der Waals surface area contributed by atoms with E-state index in [1.54, 1.807) is 23.1 Å². The molecular weight excluding hydrogens is 334 g/mol. The molecule has 0 radical (unpaired) electrons. The van der Waals surface area contributed by atoms with Crippen LogP contribution in [0.4, 0.5) is 0 Å². The van der Waals surface area contributed by atoms with Crippen LogP contribution in [0.1, 0.15) is 25.8 Å². The second kappa shape index (κ2) is 8.89. The summed E-state index contributed by atoms with van der Waals surface area (Å²) in [5.74, 6) is 0.275. The molecule has 136 valence electrons. The van der Waals surface area contributed by atoms with E-state index in [-0.39, 0.29) is 24.3 Å². The van der Waals surface area contributed by atoms with Crippen molar-refractivity contribution < 1.29 is 26.9 Å². The molecule has 1 amide bonds. The minimum Gasteiger partial charge on any atom is -0.493 e. The van der Waals surface area contributed by atoms with Crippen LogP contribution in [0, 0.1) is 0 Å². The van der Waals surface area contributed by atoms with Crippen molar-refractivity contribution in [1.82, 2.24) is 4.90 Å². The van der Waals surface area contributed by atoms with Gasteiger partial charge in [-0.2, -0.15) is 8.42 Å². The molecular formula is C16H25NO6S. The summed E-state index contributed by atoms with van der Waals surface area (Å²) in [7, 11) is -0.783. The molecule has 7 nitrogen and oxygen atoms in total. The molecule has 0 bridgehead atoms. The third-order valence-electron chi connectivity index (χ3n) is 3.53. The Morgan fingerprint density at radius 1 is 1.25 bits per heavy atom. The lowest BCUT2D eigenvalue weighted by molar-refractivity contribution is -0.138. The van der Waals surface area contributed by atoms with E-state index in [4.69, 9.17) is 13.7 Å². The Kier molecular flexibility index (Phi) is 7.50. The quantitative estimate of drug-likeness (QED) is 0.626. The highest BCUT2D eigenvalue weighted by Gasteiger charge is 2.20. The zero-order valence-electron chi connectivity index (χ0n) is 14.7. The number of carbonyl (C=O) groups excluding carboxylic acids is 1. The molecule has 1 rings (SSSR count). The van der Waals surface area contributed by atoms with Crippen LogP contribution in [0.3, 0.4) is 0 Å². The van der Waals surface area contributed by atoms with Gasteiger partial charge < -0.3 is 18.6 Å². The minimum absolute atomic E-state index is 0.00675. The van der Waals surface area contributed by atoms with E-state index in [1.807, 2.05) is 13.8 Å². The highest BCUT2D eigenvalue weighted by molar-refractivity contribution is 7.86. The lowest BCUT2D eigenvalue weighted by Gasteiger charge is -2.28. The smallest absolute Gasteiger partial charge is 0.306 e. The molecule has 24 heavy (non-hydrogen) atoms. The molecule has 0 fully saturated rings. The van der Waals surface area contributed by atoms with Crippen molar-refractivity contribution in [3.05, 3.63) is 23.8 Å². The fraction of sp³-hybridized carbons (Fsp3) is 0.562. The molecule has 0 unspecified atom stereocenters. The number of hydrogen-bond acceptors (Lipinski definition) is 6. The Balaban J connectivity index is 3.11. The van der Waals surface area contributed by atoms with Gasteiger partial charge >= 0.3 is 10.1 Å². The normalized spacial score (nSPS) is 12.5. The number of carbonyl (C=O) groups is 1. The third-order valence-corrected chi connectivity index (χ3v) is 4.02. The van der Waals surface area contributed by atoms with Gasteiger partial charge in [0.05, 0.1) is 13.4 Å². The van der Waals surface area contributed by atoms with E-state index >= 15 is 0 Å². The zero-order valence-corrected chi connectivity index (χ0v) is 15.6. The Morgan fingerprint density at radius 3 is 2.42 bits per heavy atom. The van der Waals surface area contributed by atoms with Crippen LogP contribution in [0.2, 0.25) is 0 Å². The van der Waals surface area contributed by atoms with Crippen LogP contribution in [0.25, 0.3) is 0 Å². The summed E-state index contributed by atoms with van der Waals surface area (Å²) in [5, 5.41) is 0. The molecule has 0 aliphatic carbocycles. The highest BCUT2D eigenvalue weighted by atomic mass is 32.2. The number of hydrogen-bond donors (Lipinski definition) is 0. The van der Waals surface area contributed by atoms with Crippen molar-refractivity contribution in [2.24, 2.45) is 0 Å². The van der Waals surface area contributed by atoms with E-state index in [0.717, 1.165) is 18.2 Å². The maximum Gasteiger partial charge on any atom is 0.306 e. The molecule has 1 aromatic carbocycles. The number of amides is 1. The fourth-order valence-corrected chi connectivity index (χ4v) is 2.62. The molecule has 0 spiro atoms. The first-order valence-electron chi connectivity index (χ1n) is 7.56. The summed E-state index contributed by atoms with van der Waals surface area (Å²) in [6.07, 6.45) is 1.75. The zero-order chi connectivity index (χ0) is 18.3. The standard InChI is InChI=1S/C16H25NO6S/c1-6-12(2)17(16(18)11-21-3)10-13-7-8-14(22-4)15(9-13)23-24(5,19)20/h7-9,12H,6,10-11H2,1-5H3/t12-/m1/s1. The number of ether oxygens (including phenoxy) is 2. The Bertz CT molecular complexity index is 659. The Labute approximate surface area is 143 Å². The van der Waals surface area contributed by atoms with Gasteiger partial charge in [-0.15, -0.1) is 0 Å². The molecule has 0 saturated carbocycles. The van der Waals surface area contributed by atoms with Crippen LogP contribution in [-0.4, -0.2) is 52.3 Å². The van der Waals surface area contributed by atoms with Gasteiger partial charge in [-0.1, -0.05) is 13.0 Å². The maximum atomic E-state index is 12.2. The number of rotatable bonds is 9. The van der Waals surface area contributed by atoms with Gasteiger partial charge in [0, 0.05) is 19.7 Å². The summed E-state index contributed by atoms with van der Waals surface area (Å²) in [6.45, 7) is 4.25. The largest absolute Gasteiger partial charge is 0.493 e. The molecule has 1 aromatic rings. The van der Waals surface area contributed by atoms with Gasteiger partial charge in [0.25, 0.3) is 0 Å². The van der Waals surface area contributed by atoms with Crippen molar-refractivity contribution in [2.75, 3.05) is 27.1 Å². The van der Waals surface area contributed by atoms with Crippen molar-refractivity contribution in [1.29, 1.82) is 0 Å². The summed E-state index contributed by atoms with van der Waals surface area (Å²) >= 11 is 0. The number of benzene rings is 1. The monoisotopic (exact) mass is 359 g/mol. The van der Waals surface area contributed by atoms with E-state index in [2.05, 4.69) is 0 Å². The molecule has 0 aliphatic rings. The van der Waals surface area contributed by atoms with Crippen LogP contribution in [0.15, 0.2) is 18.2 Å². The number of nitrogens with zero attached hydrogens (tertiary/aromatic N) is 1. The van der Waals surface area contributed by atoms with Gasteiger partial charge in [-0.05, 0) is 31.0 Å². The predicted molar refractivity (Wildman–Crippen MR) is 90.6 cm³/mol. The van der Waals surface area contributed by atoms with Gasteiger partial charge in [0.2, 0.25) is 5.91 Å². The molecule has 0 saturated heterocycles. The average Bonchev–Trinajstić information content (AvgIpc) is 2.50. The van der Waals surface area contributed by atoms with Gasteiger partial charge in [0.1, 0.15) is 6.61 Å². The average molecular weight is 359 g/mol. The molecule has 0 heterocycles. The van der Waals surface area contributed by atoms with Crippen LogP contribution >= 0.6 is 0 Å². The van der Waals surface area contributed by atoms with Crippen molar-refractivity contribution in [2.45, 2.75) is 32.9 Å². The maximum absolute atomic E-state index is 12.2. The van der Waals surface area contributed by atoms with Crippen LogP contribution in [-0.2, 0) is 26.2 Å². The van der Waals surface area contributed by atoms with E-state index < -0.39 is 10.1 Å². The fourth-order valence-electron chi connectivity index (χ4n) is 2.16. The van der Waals surface area contributed by atoms with Crippen LogP contribution in [0.5, 0.6) is 11.5 Å². The predicted octanol–water partition coefficient (Wildman–Crippen LogP) is 1.81. The first kappa shape index (κ1) is 20.2. The Morgan fingerprint density at radius 2 is 1.92 bits per heavy atom. The second-order valence-corrected chi connectivity index (χ2v) is 7.06. The number of methoxy groups -OCH3 is 2. The molecule has 0 aromatic heterocycles. The summed E-state index contributed by atoms with van der Waals surface area (Å²) in [4.78, 5) is 13.9. The summed E-state index contributed by atoms with van der Waals surface area (Å²) < 4.78 is 37.8. The van der Waals surface area contributed by atoms with Crippen molar-refractivity contribution in [3.63, 3.8) is 0 Å². The van der Waals surface area contributed by atoms with Gasteiger partial charge in [-0.3, -0.25) is 4.79 Å².